The summed E-state index contributed by atoms with van der Waals surface area (Å²) in [5.41, 5.74) is 0.445. The van der Waals surface area contributed by atoms with Gasteiger partial charge in [0.25, 0.3) is 0 Å². The Kier molecular flexibility index (Phi) is 6.48. The molecule has 0 aromatic heterocycles. The van der Waals surface area contributed by atoms with E-state index in [0.29, 0.717) is 5.57 Å². The summed E-state index contributed by atoms with van der Waals surface area (Å²) in [6.45, 7) is 1.64. The number of benzene rings is 1. The highest BCUT2D eigenvalue weighted by atomic mass is 32.2. The van der Waals surface area contributed by atoms with Crippen molar-refractivity contribution >= 4 is 17.7 Å². The molecule has 0 unspecified atom stereocenters. The summed E-state index contributed by atoms with van der Waals surface area (Å²) < 4.78 is 0. The number of rotatable bonds is 7. The zero-order valence-electron chi connectivity index (χ0n) is 10.1. The average molecular weight is 250 g/mol. The number of carboxylic acids is 1. The van der Waals surface area contributed by atoms with Crippen LogP contribution in [-0.2, 0) is 4.79 Å². The molecule has 0 saturated carbocycles. The molecule has 0 amide bonds. The smallest absolute Gasteiger partial charge is 0.330 e. The summed E-state index contributed by atoms with van der Waals surface area (Å²) in [7, 11) is 0. The van der Waals surface area contributed by atoms with Crippen LogP contribution in [0.15, 0.2) is 46.9 Å². The topological polar surface area (TPSA) is 37.3 Å². The maximum atomic E-state index is 10.5. The van der Waals surface area contributed by atoms with Gasteiger partial charge in [-0.3, -0.25) is 0 Å². The molecule has 0 spiro atoms. The van der Waals surface area contributed by atoms with Crippen molar-refractivity contribution in [1.29, 1.82) is 0 Å². The van der Waals surface area contributed by atoms with E-state index in [2.05, 4.69) is 12.1 Å². The van der Waals surface area contributed by atoms with Gasteiger partial charge in [-0.15, -0.1) is 11.8 Å². The van der Waals surface area contributed by atoms with E-state index >= 15 is 0 Å². The molecule has 0 heterocycles. The Labute approximate surface area is 107 Å². The first-order valence-electron chi connectivity index (χ1n) is 5.78. The molecule has 3 heteroatoms. The van der Waals surface area contributed by atoms with Gasteiger partial charge in [-0.25, -0.2) is 4.79 Å². The van der Waals surface area contributed by atoms with Crippen LogP contribution in [0.4, 0.5) is 0 Å². The molecule has 0 radical (unpaired) electrons. The van der Waals surface area contributed by atoms with Crippen molar-refractivity contribution in [2.45, 2.75) is 31.1 Å². The van der Waals surface area contributed by atoms with Gasteiger partial charge in [-0.05, 0) is 44.1 Å². The van der Waals surface area contributed by atoms with Gasteiger partial charge in [0.1, 0.15) is 0 Å². The summed E-state index contributed by atoms with van der Waals surface area (Å²) in [6, 6.07) is 10.3. The van der Waals surface area contributed by atoms with E-state index in [9.17, 15) is 4.79 Å². The highest BCUT2D eigenvalue weighted by Gasteiger charge is 1.98. The summed E-state index contributed by atoms with van der Waals surface area (Å²) in [4.78, 5) is 11.8. The fourth-order valence-corrected chi connectivity index (χ4v) is 2.29. The molecule has 0 bridgehead atoms. The lowest BCUT2D eigenvalue weighted by Gasteiger charge is -2.00. The van der Waals surface area contributed by atoms with E-state index in [1.54, 1.807) is 13.0 Å². The summed E-state index contributed by atoms with van der Waals surface area (Å²) in [5.74, 6) is 0.271. The maximum absolute atomic E-state index is 10.5. The third-order valence-corrected chi connectivity index (χ3v) is 3.50. The van der Waals surface area contributed by atoms with Crippen molar-refractivity contribution in [3.05, 3.63) is 42.0 Å². The summed E-state index contributed by atoms with van der Waals surface area (Å²) in [6.07, 6.45) is 4.82. The van der Waals surface area contributed by atoms with Crippen molar-refractivity contribution in [1.82, 2.24) is 0 Å². The van der Waals surface area contributed by atoms with Gasteiger partial charge in [0.05, 0.1) is 0 Å². The SMILES string of the molecule is CC(=CCCCCSc1ccccc1)C(=O)O. The molecule has 0 fully saturated rings. The van der Waals surface area contributed by atoms with E-state index in [4.69, 9.17) is 5.11 Å². The fraction of sp³-hybridized carbons (Fsp3) is 0.357. The predicted molar refractivity (Wildman–Crippen MR) is 72.4 cm³/mol. The first kappa shape index (κ1) is 13.8. The molecule has 0 aliphatic carbocycles. The van der Waals surface area contributed by atoms with Crippen molar-refractivity contribution in [2.75, 3.05) is 5.75 Å². The normalized spacial score (nSPS) is 11.5. The third kappa shape index (κ3) is 6.17. The zero-order valence-corrected chi connectivity index (χ0v) is 10.9. The molecule has 1 rings (SSSR count). The summed E-state index contributed by atoms with van der Waals surface area (Å²) >= 11 is 1.85. The number of unbranched alkanes of at least 4 members (excludes halogenated alkanes) is 2. The lowest BCUT2D eigenvalue weighted by atomic mass is 10.2. The number of allylic oxidation sites excluding steroid dienone is 1. The first-order chi connectivity index (χ1) is 8.20. The predicted octanol–water partition coefficient (Wildman–Crippen LogP) is 3.98. The van der Waals surface area contributed by atoms with Crippen molar-refractivity contribution in [3.63, 3.8) is 0 Å². The van der Waals surface area contributed by atoms with Crippen LogP contribution in [0, 0.1) is 0 Å². The van der Waals surface area contributed by atoms with Crippen molar-refractivity contribution in [3.8, 4) is 0 Å². The second kappa shape index (κ2) is 7.96. The standard InChI is InChI=1S/C14H18O2S/c1-12(14(15)16)8-4-3-7-11-17-13-9-5-2-6-10-13/h2,5-6,8-10H,3-4,7,11H2,1H3,(H,15,16). The molecule has 0 aliphatic heterocycles. The van der Waals surface area contributed by atoms with Crippen LogP contribution < -0.4 is 0 Å². The van der Waals surface area contributed by atoms with Gasteiger partial charge < -0.3 is 5.11 Å². The Hall–Kier alpha value is -1.22. The van der Waals surface area contributed by atoms with Crippen LogP contribution in [0.5, 0.6) is 0 Å². The van der Waals surface area contributed by atoms with Gasteiger partial charge in [0.2, 0.25) is 0 Å². The lowest BCUT2D eigenvalue weighted by Crippen LogP contribution is -1.95. The van der Waals surface area contributed by atoms with Crippen LogP contribution in [0.2, 0.25) is 0 Å². The minimum atomic E-state index is -0.816. The van der Waals surface area contributed by atoms with Crippen LogP contribution in [0.25, 0.3) is 0 Å². The zero-order chi connectivity index (χ0) is 12.5. The first-order valence-corrected chi connectivity index (χ1v) is 6.76. The van der Waals surface area contributed by atoms with Gasteiger partial charge >= 0.3 is 5.97 Å². The Morgan fingerprint density at radius 3 is 2.65 bits per heavy atom. The fourth-order valence-electron chi connectivity index (χ4n) is 1.36. The highest BCUT2D eigenvalue weighted by molar-refractivity contribution is 7.99. The maximum Gasteiger partial charge on any atom is 0.330 e. The van der Waals surface area contributed by atoms with Gasteiger partial charge in [0.15, 0.2) is 0 Å². The second-order valence-corrected chi connectivity index (χ2v) is 5.02. The minimum Gasteiger partial charge on any atom is -0.478 e. The van der Waals surface area contributed by atoms with Crippen LogP contribution >= 0.6 is 11.8 Å². The molecule has 0 aliphatic rings. The lowest BCUT2D eigenvalue weighted by molar-refractivity contribution is -0.132. The van der Waals surface area contributed by atoms with E-state index in [0.717, 1.165) is 25.0 Å². The van der Waals surface area contributed by atoms with Gasteiger partial charge in [-0.2, -0.15) is 0 Å². The van der Waals surface area contributed by atoms with E-state index < -0.39 is 5.97 Å². The number of hydrogen-bond donors (Lipinski definition) is 1. The number of carbonyl (C=O) groups is 1. The summed E-state index contributed by atoms with van der Waals surface area (Å²) in [5, 5.41) is 8.66. The monoisotopic (exact) mass is 250 g/mol. The minimum absolute atomic E-state index is 0.445. The van der Waals surface area contributed by atoms with Gasteiger partial charge in [0, 0.05) is 10.5 Å². The van der Waals surface area contributed by atoms with Crippen LogP contribution in [-0.4, -0.2) is 16.8 Å². The largest absolute Gasteiger partial charge is 0.478 e. The molecule has 92 valence electrons. The second-order valence-electron chi connectivity index (χ2n) is 3.85. The van der Waals surface area contributed by atoms with E-state index in [-0.39, 0.29) is 0 Å². The highest BCUT2D eigenvalue weighted by Crippen LogP contribution is 2.18. The van der Waals surface area contributed by atoms with E-state index in [1.165, 1.54) is 4.90 Å². The molecule has 0 atom stereocenters. The Morgan fingerprint density at radius 1 is 1.29 bits per heavy atom. The molecular formula is C14H18O2S. The molecule has 17 heavy (non-hydrogen) atoms. The Morgan fingerprint density at radius 2 is 2.00 bits per heavy atom. The molecule has 1 aromatic carbocycles. The molecular weight excluding hydrogens is 232 g/mol. The number of aliphatic carboxylic acids is 1. The van der Waals surface area contributed by atoms with Crippen LogP contribution in [0.1, 0.15) is 26.2 Å². The van der Waals surface area contributed by atoms with Crippen LogP contribution in [0.3, 0.4) is 0 Å². The van der Waals surface area contributed by atoms with Crippen molar-refractivity contribution < 1.29 is 9.90 Å². The average Bonchev–Trinajstić information content (AvgIpc) is 2.34. The number of hydrogen-bond acceptors (Lipinski definition) is 2. The number of thioether (sulfide) groups is 1. The van der Waals surface area contributed by atoms with Crippen molar-refractivity contribution in [2.24, 2.45) is 0 Å². The molecule has 1 aromatic rings. The number of carboxylic acid groups (broad SMARTS) is 1. The third-order valence-electron chi connectivity index (χ3n) is 2.40. The molecule has 2 nitrogen and oxygen atoms in total. The Bertz CT molecular complexity index is 371. The molecule has 1 N–H and O–H groups in total. The van der Waals surface area contributed by atoms with Gasteiger partial charge in [-0.1, -0.05) is 24.3 Å². The Balaban J connectivity index is 2.10. The van der Waals surface area contributed by atoms with E-state index in [1.807, 2.05) is 30.0 Å². The molecule has 0 saturated heterocycles. The quantitative estimate of drug-likeness (QED) is 0.452.